The van der Waals surface area contributed by atoms with Gasteiger partial charge in [0.15, 0.2) is 11.5 Å². The van der Waals surface area contributed by atoms with Gasteiger partial charge in [-0.15, -0.1) is 0 Å². The van der Waals surface area contributed by atoms with E-state index in [0.717, 1.165) is 11.8 Å². The Hall–Kier alpha value is -3.31. The molecule has 0 amide bonds. The van der Waals surface area contributed by atoms with Gasteiger partial charge in [0.25, 0.3) is 11.4 Å². The van der Waals surface area contributed by atoms with Gasteiger partial charge in [0, 0.05) is 35.2 Å². The minimum absolute atomic E-state index is 0.00602. The van der Waals surface area contributed by atoms with Gasteiger partial charge in [0.05, 0.1) is 20.9 Å². The van der Waals surface area contributed by atoms with Crippen LogP contribution in [0.25, 0.3) is 0 Å². The molecule has 0 fully saturated rings. The van der Waals surface area contributed by atoms with E-state index in [-0.39, 0.29) is 18.0 Å². The molecule has 0 aliphatic carbocycles. The Morgan fingerprint density at radius 1 is 0.912 bits per heavy atom. The number of hydrogen-bond donors (Lipinski definition) is 0. The van der Waals surface area contributed by atoms with Crippen LogP contribution in [0.3, 0.4) is 0 Å². The number of non-ortho nitro benzene ring substituents is 2. The first-order chi connectivity index (χ1) is 16.3. The molecular weight excluding hydrogens is 576 g/mol. The van der Waals surface area contributed by atoms with E-state index < -0.39 is 9.85 Å². The van der Waals surface area contributed by atoms with Gasteiger partial charge in [0.2, 0.25) is 0 Å². The Labute approximate surface area is 212 Å². The quantitative estimate of drug-likeness (QED) is 0.118. The summed E-state index contributed by atoms with van der Waals surface area (Å²) in [6.45, 7) is 2.38. The number of halogens is 2. The predicted octanol–water partition coefficient (Wildman–Crippen LogP) is 6.64. The van der Waals surface area contributed by atoms with E-state index in [1.54, 1.807) is 36.4 Å². The number of nitro benzene ring substituents is 2. The molecule has 0 aliphatic heterocycles. The van der Waals surface area contributed by atoms with Crippen molar-refractivity contribution in [1.82, 2.24) is 0 Å². The molecule has 3 aromatic rings. The Balaban J connectivity index is 0.000000310. The van der Waals surface area contributed by atoms with Crippen molar-refractivity contribution >= 4 is 49.5 Å². The number of alkyl halides is 1. The van der Waals surface area contributed by atoms with Crippen LogP contribution >= 0.6 is 31.9 Å². The first-order valence-electron chi connectivity index (χ1n) is 9.86. The summed E-state index contributed by atoms with van der Waals surface area (Å²) < 4.78 is 11.8. The molecule has 0 saturated heterocycles. The van der Waals surface area contributed by atoms with E-state index in [1.807, 2.05) is 13.0 Å². The van der Waals surface area contributed by atoms with E-state index in [2.05, 4.69) is 31.9 Å². The van der Waals surface area contributed by atoms with Crippen molar-refractivity contribution in [1.29, 1.82) is 0 Å². The van der Waals surface area contributed by atoms with Gasteiger partial charge in [-0.1, -0.05) is 40.2 Å². The zero-order chi connectivity index (χ0) is 25.1. The van der Waals surface area contributed by atoms with Crippen molar-refractivity contribution in [3.8, 4) is 11.5 Å². The summed E-state index contributed by atoms with van der Waals surface area (Å²) >= 11 is 6.57. The molecule has 0 spiro atoms. The lowest BCUT2D eigenvalue weighted by Gasteiger charge is -2.14. The average Bonchev–Trinajstić information content (AvgIpc) is 2.84. The summed E-state index contributed by atoms with van der Waals surface area (Å²) in [7, 11) is 0. The van der Waals surface area contributed by atoms with Crippen molar-refractivity contribution in [3.63, 3.8) is 0 Å². The molecule has 0 aromatic heterocycles. The number of carbonyl (C=O) groups is 1. The SMILES string of the molecule is CCOc1cc(C=O)cc(Br)c1OCc1cccc([N+](=O)[O-])c1.O=[N+]([O-])c1cccc(CBr)c1. The number of nitro groups is 2. The summed E-state index contributed by atoms with van der Waals surface area (Å²) in [5, 5.41) is 21.7. The second kappa shape index (κ2) is 13.4. The zero-order valence-electron chi connectivity index (χ0n) is 18.0. The van der Waals surface area contributed by atoms with Gasteiger partial charge in [0.1, 0.15) is 12.9 Å². The molecule has 0 heterocycles. The lowest BCUT2D eigenvalue weighted by molar-refractivity contribution is -0.385. The molecule has 11 heteroatoms. The molecule has 0 N–H and O–H groups in total. The first kappa shape index (κ1) is 26.9. The maximum Gasteiger partial charge on any atom is 0.269 e. The minimum atomic E-state index is -0.454. The number of aldehydes is 1. The van der Waals surface area contributed by atoms with Crippen molar-refractivity contribution in [2.45, 2.75) is 18.9 Å². The fraction of sp³-hybridized carbons (Fsp3) is 0.174. The lowest BCUT2D eigenvalue weighted by Crippen LogP contribution is -2.02. The molecule has 3 rings (SSSR count). The van der Waals surface area contributed by atoms with E-state index in [9.17, 15) is 25.0 Å². The lowest BCUT2D eigenvalue weighted by atomic mass is 10.2. The van der Waals surface area contributed by atoms with Crippen LogP contribution in [0.4, 0.5) is 11.4 Å². The molecule has 9 nitrogen and oxygen atoms in total. The van der Waals surface area contributed by atoms with Gasteiger partial charge in [-0.05, 0) is 46.1 Å². The highest BCUT2D eigenvalue weighted by Crippen LogP contribution is 2.37. The second-order valence-corrected chi connectivity index (χ2v) is 8.07. The Morgan fingerprint density at radius 3 is 2.03 bits per heavy atom. The number of hydrogen-bond acceptors (Lipinski definition) is 7. The van der Waals surface area contributed by atoms with Crippen molar-refractivity contribution < 1.29 is 24.1 Å². The summed E-state index contributed by atoms with van der Waals surface area (Å²) in [6.07, 6.45) is 0.720. The summed E-state index contributed by atoms with van der Waals surface area (Å²) in [5.41, 5.74) is 2.18. The third-order valence-corrected chi connectivity index (χ3v) is 5.48. The van der Waals surface area contributed by atoms with Gasteiger partial charge in [-0.3, -0.25) is 25.0 Å². The molecule has 0 atom stereocenters. The number of rotatable bonds is 9. The van der Waals surface area contributed by atoms with Gasteiger partial charge >= 0.3 is 0 Å². The number of ether oxygens (including phenoxy) is 2. The maximum atomic E-state index is 10.9. The molecule has 3 aromatic carbocycles. The predicted molar refractivity (Wildman–Crippen MR) is 134 cm³/mol. The van der Waals surface area contributed by atoms with E-state index in [4.69, 9.17) is 9.47 Å². The largest absolute Gasteiger partial charge is 0.490 e. The van der Waals surface area contributed by atoms with Crippen LogP contribution in [-0.2, 0) is 11.9 Å². The fourth-order valence-electron chi connectivity index (χ4n) is 2.73. The fourth-order valence-corrected chi connectivity index (χ4v) is 3.65. The smallest absolute Gasteiger partial charge is 0.269 e. The minimum Gasteiger partial charge on any atom is -0.490 e. The normalized spacial score (nSPS) is 9.97. The number of carbonyl (C=O) groups excluding carboxylic acids is 1. The molecule has 0 bridgehead atoms. The second-order valence-electron chi connectivity index (χ2n) is 6.66. The monoisotopic (exact) mass is 594 g/mol. The van der Waals surface area contributed by atoms with Crippen LogP contribution in [0, 0.1) is 20.2 Å². The van der Waals surface area contributed by atoms with Crippen LogP contribution in [-0.4, -0.2) is 22.7 Å². The van der Waals surface area contributed by atoms with Crippen molar-refractivity contribution in [3.05, 3.63) is 102 Å². The molecular formula is C23H20Br2N2O7. The standard InChI is InChI=1S/C16H14BrNO5.C7H6BrNO2/c1-2-22-15-8-12(9-19)7-14(17)16(15)23-10-11-4-3-5-13(6-11)18(20)21;8-5-6-2-1-3-7(4-6)9(10)11/h3-9H,2,10H2,1H3;1-4H,5H2. The summed E-state index contributed by atoms with van der Waals surface area (Å²) in [5.74, 6) is 0.887. The van der Waals surface area contributed by atoms with Crippen LogP contribution in [0.1, 0.15) is 28.4 Å². The van der Waals surface area contributed by atoms with Crippen LogP contribution in [0.5, 0.6) is 11.5 Å². The average molecular weight is 596 g/mol. The van der Waals surface area contributed by atoms with Crippen LogP contribution in [0.15, 0.2) is 65.1 Å². The van der Waals surface area contributed by atoms with Gasteiger partial charge < -0.3 is 9.47 Å². The van der Waals surface area contributed by atoms with E-state index in [0.29, 0.717) is 39.0 Å². The van der Waals surface area contributed by atoms with Gasteiger partial charge in [-0.25, -0.2) is 0 Å². The van der Waals surface area contributed by atoms with Crippen LogP contribution < -0.4 is 9.47 Å². The Kier molecular flexibility index (Phi) is 10.6. The van der Waals surface area contributed by atoms with E-state index >= 15 is 0 Å². The summed E-state index contributed by atoms with van der Waals surface area (Å²) in [4.78, 5) is 31.1. The van der Waals surface area contributed by atoms with Crippen molar-refractivity contribution in [2.75, 3.05) is 6.61 Å². The zero-order valence-corrected chi connectivity index (χ0v) is 21.2. The number of nitrogens with zero attached hydrogens (tertiary/aromatic N) is 2. The summed E-state index contributed by atoms with van der Waals surface area (Å²) in [6, 6.07) is 16.0. The third kappa shape index (κ3) is 7.92. The van der Waals surface area contributed by atoms with Crippen molar-refractivity contribution in [2.24, 2.45) is 0 Å². The molecule has 0 saturated carbocycles. The Morgan fingerprint density at radius 2 is 1.50 bits per heavy atom. The highest BCUT2D eigenvalue weighted by atomic mass is 79.9. The first-order valence-corrected chi connectivity index (χ1v) is 11.8. The molecule has 0 radical (unpaired) electrons. The maximum absolute atomic E-state index is 10.9. The molecule has 0 unspecified atom stereocenters. The topological polar surface area (TPSA) is 122 Å². The van der Waals surface area contributed by atoms with E-state index in [1.165, 1.54) is 18.2 Å². The highest BCUT2D eigenvalue weighted by molar-refractivity contribution is 9.10. The third-order valence-electron chi connectivity index (χ3n) is 4.25. The highest BCUT2D eigenvalue weighted by Gasteiger charge is 2.13. The molecule has 0 aliphatic rings. The van der Waals surface area contributed by atoms with Crippen LogP contribution in [0.2, 0.25) is 0 Å². The van der Waals surface area contributed by atoms with Gasteiger partial charge in [-0.2, -0.15) is 0 Å². The molecule has 178 valence electrons. The molecule has 34 heavy (non-hydrogen) atoms. The number of benzene rings is 3. The Bertz CT molecular complexity index is 1170.